The lowest BCUT2D eigenvalue weighted by molar-refractivity contribution is 0.0586. The van der Waals surface area contributed by atoms with Crippen LogP contribution in [0.25, 0.3) is 0 Å². The number of aryl methyl sites for hydroxylation is 2. The molecular weight excluding hydrogens is 246 g/mol. The van der Waals surface area contributed by atoms with Crippen molar-refractivity contribution in [3.63, 3.8) is 0 Å². The summed E-state index contributed by atoms with van der Waals surface area (Å²) in [5.41, 5.74) is 2.73. The van der Waals surface area contributed by atoms with E-state index in [0.717, 1.165) is 11.3 Å². The Balaban J connectivity index is 2.14. The molecule has 0 bridgehead atoms. The third-order valence-electron chi connectivity index (χ3n) is 2.62. The maximum Gasteiger partial charge on any atom is 0.376 e. The zero-order chi connectivity index (χ0) is 13.8. The highest BCUT2D eigenvalue weighted by atomic mass is 16.5. The van der Waals surface area contributed by atoms with Crippen LogP contribution in [0.3, 0.4) is 0 Å². The molecule has 0 aromatic carbocycles. The Kier molecular flexibility index (Phi) is 3.74. The van der Waals surface area contributed by atoms with Crippen LogP contribution in [0, 0.1) is 13.8 Å². The normalized spacial score (nSPS) is 10.3. The summed E-state index contributed by atoms with van der Waals surface area (Å²) in [6, 6.07) is 1.77. The van der Waals surface area contributed by atoms with E-state index in [4.69, 9.17) is 0 Å². The summed E-state index contributed by atoms with van der Waals surface area (Å²) in [6.07, 6.45) is 1.75. The number of carbonyl (C=O) groups excluding carboxylic acids is 1. The predicted octanol–water partition coefficient (Wildman–Crippen LogP) is 1.22. The van der Waals surface area contributed by atoms with Gasteiger partial charge in [-0.25, -0.2) is 14.8 Å². The smallest absolute Gasteiger partial charge is 0.376 e. The van der Waals surface area contributed by atoms with Crippen molar-refractivity contribution in [2.24, 2.45) is 0 Å². The monoisotopic (exact) mass is 261 g/mol. The summed E-state index contributed by atoms with van der Waals surface area (Å²) in [4.78, 5) is 19.5. The summed E-state index contributed by atoms with van der Waals surface area (Å²) < 4.78 is 4.61. The molecule has 19 heavy (non-hydrogen) atoms. The molecule has 7 nitrogen and oxygen atoms in total. The third kappa shape index (κ3) is 3.06. The molecule has 0 radical (unpaired) electrons. The predicted molar refractivity (Wildman–Crippen MR) is 68.8 cm³/mol. The van der Waals surface area contributed by atoms with Crippen molar-refractivity contribution in [1.82, 2.24) is 20.2 Å². The first-order chi connectivity index (χ1) is 9.10. The Morgan fingerprint density at radius 1 is 1.42 bits per heavy atom. The number of rotatable bonds is 4. The summed E-state index contributed by atoms with van der Waals surface area (Å²) in [6.45, 7) is 4.30. The minimum Gasteiger partial charge on any atom is -0.463 e. The highest BCUT2D eigenvalue weighted by molar-refractivity contribution is 5.85. The molecule has 0 aliphatic heterocycles. The lowest BCUT2D eigenvalue weighted by atomic mass is 10.2. The summed E-state index contributed by atoms with van der Waals surface area (Å²) in [5, 5.41) is 9.93. The number of H-pyrrole nitrogens is 1. The van der Waals surface area contributed by atoms with Crippen molar-refractivity contribution in [3.05, 3.63) is 35.0 Å². The molecule has 0 saturated heterocycles. The highest BCUT2D eigenvalue weighted by Crippen LogP contribution is 2.10. The van der Waals surface area contributed by atoms with E-state index in [9.17, 15) is 4.79 Å². The van der Waals surface area contributed by atoms with Crippen LogP contribution in [0.4, 0.5) is 5.82 Å². The van der Waals surface area contributed by atoms with Gasteiger partial charge in [0.25, 0.3) is 0 Å². The number of nitrogens with one attached hydrogen (secondary N) is 2. The summed E-state index contributed by atoms with van der Waals surface area (Å²) >= 11 is 0. The van der Waals surface area contributed by atoms with Gasteiger partial charge in [-0.05, 0) is 13.8 Å². The molecular formula is C12H15N5O2. The van der Waals surface area contributed by atoms with Crippen LogP contribution in [-0.2, 0) is 11.3 Å². The topological polar surface area (TPSA) is 92.8 Å². The quantitative estimate of drug-likeness (QED) is 0.804. The number of hydrogen-bond donors (Lipinski definition) is 2. The molecule has 0 aliphatic carbocycles. The molecule has 2 rings (SSSR count). The van der Waals surface area contributed by atoms with E-state index >= 15 is 0 Å². The van der Waals surface area contributed by atoms with Crippen LogP contribution in [0.2, 0.25) is 0 Å². The zero-order valence-electron chi connectivity index (χ0n) is 11.0. The Bertz CT molecular complexity index is 594. The van der Waals surface area contributed by atoms with Crippen LogP contribution in [0.1, 0.15) is 27.6 Å². The van der Waals surface area contributed by atoms with Crippen LogP contribution >= 0.6 is 0 Å². The Labute approximate surface area is 110 Å². The number of aromatic amines is 1. The van der Waals surface area contributed by atoms with Gasteiger partial charge in [-0.3, -0.25) is 5.10 Å². The van der Waals surface area contributed by atoms with Gasteiger partial charge in [0, 0.05) is 29.6 Å². The Morgan fingerprint density at radius 2 is 2.21 bits per heavy atom. The van der Waals surface area contributed by atoms with Crippen molar-refractivity contribution in [1.29, 1.82) is 0 Å². The lowest BCUT2D eigenvalue weighted by Crippen LogP contribution is -2.11. The number of hydrogen-bond acceptors (Lipinski definition) is 6. The maximum absolute atomic E-state index is 11.4. The van der Waals surface area contributed by atoms with Crippen molar-refractivity contribution in [2.45, 2.75) is 20.4 Å². The minimum absolute atomic E-state index is 0.0499. The first-order valence-corrected chi connectivity index (χ1v) is 5.77. The Hall–Kier alpha value is -2.44. The molecule has 2 N–H and O–H groups in total. The van der Waals surface area contributed by atoms with Crippen molar-refractivity contribution in [2.75, 3.05) is 12.4 Å². The van der Waals surface area contributed by atoms with E-state index in [0.29, 0.717) is 18.1 Å². The first kappa shape index (κ1) is 13.0. The molecule has 2 heterocycles. The molecule has 2 aromatic rings. The van der Waals surface area contributed by atoms with Crippen LogP contribution in [-0.4, -0.2) is 33.2 Å². The van der Waals surface area contributed by atoms with Gasteiger partial charge in [-0.2, -0.15) is 5.10 Å². The van der Waals surface area contributed by atoms with E-state index < -0.39 is 5.97 Å². The highest BCUT2D eigenvalue weighted by Gasteiger charge is 2.11. The second kappa shape index (κ2) is 5.47. The lowest BCUT2D eigenvalue weighted by Gasteiger charge is -2.07. The van der Waals surface area contributed by atoms with Crippen molar-refractivity contribution >= 4 is 11.8 Å². The van der Waals surface area contributed by atoms with Gasteiger partial charge in [0.2, 0.25) is 5.82 Å². The van der Waals surface area contributed by atoms with E-state index in [1.807, 2.05) is 6.92 Å². The summed E-state index contributed by atoms with van der Waals surface area (Å²) in [5.74, 6) is 0.0775. The van der Waals surface area contributed by atoms with Gasteiger partial charge in [0.05, 0.1) is 13.3 Å². The average Bonchev–Trinajstić information content (AvgIpc) is 2.80. The first-order valence-electron chi connectivity index (χ1n) is 5.77. The molecule has 100 valence electrons. The van der Waals surface area contributed by atoms with Gasteiger partial charge < -0.3 is 10.1 Å². The van der Waals surface area contributed by atoms with Crippen molar-refractivity contribution < 1.29 is 9.53 Å². The van der Waals surface area contributed by atoms with Crippen LogP contribution < -0.4 is 5.32 Å². The second-order valence-corrected chi connectivity index (χ2v) is 4.08. The number of carbonyl (C=O) groups is 1. The van der Waals surface area contributed by atoms with Gasteiger partial charge in [0.1, 0.15) is 5.82 Å². The minimum atomic E-state index is -0.550. The van der Waals surface area contributed by atoms with Gasteiger partial charge >= 0.3 is 5.97 Å². The molecule has 7 heteroatoms. The van der Waals surface area contributed by atoms with E-state index in [1.165, 1.54) is 7.11 Å². The standard InChI is InChI=1S/C12H15N5O2/c1-7-4-10(16-11(15-7)12(18)19-3)13-5-9-6-14-17-8(9)2/h4,6H,5H2,1-3H3,(H,14,17)(H,13,15,16). The zero-order valence-corrected chi connectivity index (χ0v) is 11.0. The number of aromatic nitrogens is 4. The fourth-order valence-corrected chi connectivity index (χ4v) is 1.58. The molecule has 0 aliphatic rings. The van der Waals surface area contributed by atoms with Crippen LogP contribution in [0.15, 0.2) is 12.3 Å². The molecule has 0 atom stereocenters. The SMILES string of the molecule is COC(=O)c1nc(C)cc(NCc2cn[nH]c2C)n1. The summed E-state index contributed by atoms with van der Waals surface area (Å²) in [7, 11) is 1.30. The second-order valence-electron chi connectivity index (χ2n) is 4.08. The number of ether oxygens (including phenoxy) is 1. The van der Waals surface area contributed by atoms with E-state index in [-0.39, 0.29) is 5.82 Å². The number of esters is 1. The van der Waals surface area contributed by atoms with E-state index in [2.05, 4.69) is 30.2 Å². The molecule has 0 amide bonds. The maximum atomic E-state index is 11.4. The van der Waals surface area contributed by atoms with Gasteiger partial charge in [-0.15, -0.1) is 0 Å². The average molecular weight is 261 g/mol. The van der Waals surface area contributed by atoms with Crippen molar-refractivity contribution in [3.8, 4) is 0 Å². The van der Waals surface area contributed by atoms with Gasteiger partial charge in [0.15, 0.2) is 0 Å². The molecule has 0 spiro atoms. The fraction of sp³-hybridized carbons (Fsp3) is 0.333. The van der Waals surface area contributed by atoms with Gasteiger partial charge in [-0.1, -0.05) is 0 Å². The van der Waals surface area contributed by atoms with E-state index in [1.54, 1.807) is 19.2 Å². The number of methoxy groups -OCH3 is 1. The third-order valence-corrected chi connectivity index (χ3v) is 2.62. The largest absolute Gasteiger partial charge is 0.463 e. The van der Waals surface area contributed by atoms with Crippen LogP contribution in [0.5, 0.6) is 0 Å². The number of anilines is 1. The number of nitrogens with zero attached hydrogens (tertiary/aromatic N) is 3. The molecule has 0 unspecified atom stereocenters. The fourth-order valence-electron chi connectivity index (χ4n) is 1.58. The Morgan fingerprint density at radius 3 is 2.84 bits per heavy atom. The molecule has 0 fully saturated rings. The molecule has 0 saturated carbocycles. The molecule has 2 aromatic heterocycles.